The molecule has 0 aliphatic carbocycles. The third-order valence-corrected chi connectivity index (χ3v) is 6.91. The number of fused-ring (bicyclic) bond motifs is 1. The zero-order chi connectivity index (χ0) is 24.6. The Kier molecular flexibility index (Phi) is 5.89. The number of nitrogens with zero attached hydrogens (tertiary/aromatic N) is 6. The lowest BCUT2D eigenvalue weighted by atomic mass is 10.1. The minimum Gasteiger partial charge on any atom is -0.474 e. The van der Waals surface area contributed by atoms with Crippen LogP contribution in [0.3, 0.4) is 0 Å². The van der Waals surface area contributed by atoms with Gasteiger partial charge < -0.3 is 9.64 Å². The summed E-state index contributed by atoms with van der Waals surface area (Å²) in [5.74, 6) is -0.616. The summed E-state index contributed by atoms with van der Waals surface area (Å²) in [6.45, 7) is 0.893. The van der Waals surface area contributed by atoms with Gasteiger partial charge in [0.15, 0.2) is 15.5 Å². The molecule has 3 aromatic heterocycles. The number of rotatable bonds is 5. The number of benzene rings is 1. The van der Waals surface area contributed by atoms with Gasteiger partial charge in [-0.2, -0.15) is 9.49 Å². The molecular weight excluding hydrogens is 475 g/mol. The first-order chi connectivity index (χ1) is 16.8. The van der Waals surface area contributed by atoms with Crippen LogP contribution in [0.25, 0.3) is 16.7 Å². The number of amides is 1. The van der Waals surface area contributed by atoms with Crippen molar-refractivity contribution < 1.29 is 22.3 Å². The zero-order valence-corrected chi connectivity index (χ0v) is 19.5. The van der Waals surface area contributed by atoms with E-state index in [9.17, 15) is 17.6 Å². The van der Waals surface area contributed by atoms with E-state index in [0.29, 0.717) is 48.5 Å². The highest BCUT2D eigenvalue weighted by Crippen LogP contribution is 2.27. The molecule has 0 radical (unpaired) electrons. The van der Waals surface area contributed by atoms with E-state index >= 15 is 0 Å². The molecule has 0 saturated carbocycles. The smallest absolute Gasteiger partial charge is 0.272 e. The fraction of sp³-hybridized carbons (Fsp3) is 0.261. The summed E-state index contributed by atoms with van der Waals surface area (Å²) in [6, 6.07) is 10.5. The second-order valence-electron chi connectivity index (χ2n) is 8.19. The molecule has 0 spiro atoms. The maximum atomic E-state index is 13.4. The first kappa shape index (κ1) is 22.8. The highest BCUT2D eigenvalue weighted by molar-refractivity contribution is 7.90. The van der Waals surface area contributed by atoms with Crippen LogP contribution in [0.4, 0.5) is 4.39 Å². The fourth-order valence-corrected chi connectivity index (χ4v) is 4.59. The third-order valence-electron chi connectivity index (χ3n) is 5.78. The Labute approximate surface area is 200 Å². The lowest BCUT2D eigenvalue weighted by Gasteiger charge is -2.31. The SMILES string of the molecule is CS(=O)(=O)c1ccc(-n2ncc3c(OC4CCN(C(=O)c5cccc(F)n5)CC4)ncnc32)cc1. The number of ether oxygens (including phenoxy) is 1. The van der Waals surface area contributed by atoms with Gasteiger partial charge in [-0.1, -0.05) is 6.07 Å². The van der Waals surface area contributed by atoms with E-state index in [1.165, 1.54) is 36.7 Å². The molecule has 180 valence electrons. The Hall–Kier alpha value is -3.93. The van der Waals surface area contributed by atoms with E-state index in [0.717, 1.165) is 6.26 Å². The molecule has 0 unspecified atom stereocenters. The molecule has 4 aromatic rings. The maximum absolute atomic E-state index is 13.4. The summed E-state index contributed by atoms with van der Waals surface area (Å²) in [6.07, 6.45) is 5.12. The first-order valence-corrected chi connectivity index (χ1v) is 12.8. The molecule has 1 aliphatic heterocycles. The molecule has 4 heterocycles. The number of halogens is 1. The van der Waals surface area contributed by atoms with Crippen LogP contribution in [-0.2, 0) is 9.84 Å². The minimum atomic E-state index is -3.30. The highest BCUT2D eigenvalue weighted by atomic mass is 32.2. The number of sulfone groups is 1. The Morgan fingerprint density at radius 2 is 1.83 bits per heavy atom. The van der Waals surface area contributed by atoms with Gasteiger partial charge >= 0.3 is 0 Å². The average molecular weight is 497 g/mol. The van der Waals surface area contributed by atoms with Crippen LogP contribution in [0, 0.1) is 5.95 Å². The Morgan fingerprint density at radius 3 is 2.51 bits per heavy atom. The quantitative estimate of drug-likeness (QED) is 0.387. The van der Waals surface area contributed by atoms with E-state index in [2.05, 4.69) is 20.1 Å². The Morgan fingerprint density at radius 1 is 1.09 bits per heavy atom. The van der Waals surface area contributed by atoms with Crippen molar-refractivity contribution in [2.75, 3.05) is 19.3 Å². The summed E-state index contributed by atoms with van der Waals surface area (Å²) in [7, 11) is -3.30. The van der Waals surface area contributed by atoms with Gasteiger partial charge in [0.25, 0.3) is 5.91 Å². The van der Waals surface area contributed by atoms with Gasteiger partial charge in [0.1, 0.15) is 23.5 Å². The maximum Gasteiger partial charge on any atom is 0.272 e. The molecule has 35 heavy (non-hydrogen) atoms. The van der Waals surface area contributed by atoms with E-state index in [1.807, 2.05) is 0 Å². The second-order valence-corrected chi connectivity index (χ2v) is 10.2. The van der Waals surface area contributed by atoms with Crippen molar-refractivity contribution in [2.24, 2.45) is 0 Å². The molecule has 10 nitrogen and oxygen atoms in total. The molecule has 0 bridgehead atoms. The van der Waals surface area contributed by atoms with Crippen molar-refractivity contribution in [1.82, 2.24) is 29.6 Å². The van der Waals surface area contributed by atoms with Crippen molar-refractivity contribution in [3.63, 3.8) is 0 Å². The molecule has 0 atom stereocenters. The fourth-order valence-electron chi connectivity index (χ4n) is 3.96. The van der Waals surface area contributed by atoms with Crippen LogP contribution in [0.1, 0.15) is 23.3 Å². The predicted octanol–water partition coefficient (Wildman–Crippen LogP) is 2.44. The van der Waals surface area contributed by atoms with Crippen LogP contribution in [0.15, 0.2) is 59.9 Å². The standard InChI is InChI=1S/C23H21FN6O4S/c1-35(32,33)17-7-5-15(6-8-17)30-21-18(13-27-30)22(26-14-25-21)34-16-9-11-29(12-10-16)23(31)19-3-2-4-20(24)28-19/h2-8,13-14,16H,9-12H2,1H3. The van der Waals surface area contributed by atoms with Gasteiger partial charge in [-0.15, -0.1) is 0 Å². The number of aromatic nitrogens is 5. The van der Waals surface area contributed by atoms with E-state index in [-0.39, 0.29) is 22.6 Å². The second kappa shape index (κ2) is 9.02. The number of carbonyl (C=O) groups excluding carboxylic acids is 1. The van der Waals surface area contributed by atoms with Crippen molar-refractivity contribution >= 4 is 26.8 Å². The lowest BCUT2D eigenvalue weighted by molar-refractivity contribution is 0.0584. The largest absolute Gasteiger partial charge is 0.474 e. The summed E-state index contributed by atoms with van der Waals surface area (Å²) in [4.78, 5) is 26.7. The molecule has 1 fully saturated rings. The number of piperidine rings is 1. The number of pyridine rings is 1. The van der Waals surface area contributed by atoms with Gasteiger partial charge in [0.05, 0.1) is 16.8 Å². The molecule has 0 N–H and O–H groups in total. The summed E-state index contributed by atoms with van der Waals surface area (Å²) >= 11 is 0. The molecular formula is C23H21FN6O4S. The van der Waals surface area contributed by atoms with Crippen LogP contribution < -0.4 is 4.74 Å². The van der Waals surface area contributed by atoms with E-state index in [4.69, 9.17) is 4.74 Å². The van der Waals surface area contributed by atoms with Crippen LogP contribution in [-0.4, -0.2) is 69.4 Å². The number of hydrogen-bond acceptors (Lipinski definition) is 8. The van der Waals surface area contributed by atoms with Crippen molar-refractivity contribution in [1.29, 1.82) is 0 Å². The number of hydrogen-bond donors (Lipinski definition) is 0. The molecule has 1 aromatic carbocycles. The average Bonchev–Trinajstić information content (AvgIpc) is 3.29. The molecule has 1 amide bonds. The summed E-state index contributed by atoms with van der Waals surface area (Å²) in [5, 5.41) is 4.99. The van der Waals surface area contributed by atoms with Gasteiger partial charge in [0, 0.05) is 32.2 Å². The van der Waals surface area contributed by atoms with Crippen molar-refractivity contribution in [3.8, 4) is 11.6 Å². The summed E-state index contributed by atoms with van der Waals surface area (Å²) in [5.41, 5.74) is 1.25. The van der Waals surface area contributed by atoms with Crippen LogP contribution in [0.5, 0.6) is 5.88 Å². The third kappa shape index (κ3) is 4.69. The van der Waals surface area contributed by atoms with Gasteiger partial charge in [0.2, 0.25) is 11.8 Å². The normalized spacial score (nSPS) is 14.9. The lowest BCUT2D eigenvalue weighted by Crippen LogP contribution is -2.42. The van der Waals surface area contributed by atoms with Crippen LogP contribution in [0.2, 0.25) is 0 Å². The Bertz CT molecular complexity index is 1500. The van der Waals surface area contributed by atoms with Gasteiger partial charge in [-0.25, -0.2) is 28.1 Å². The first-order valence-electron chi connectivity index (χ1n) is 10.9. The van der Waals surface area contributed by atoms with Gasteiger partial charge in [-0.3, -0.25) is 4.79 Å². The predicted molar refractivity (Wildman–Crippen MR) is 124 cm³/mol. The molecule has 12 heteroatoms. The zero-order valence-electron chi connectivity index (χ0n) is 18.7. The van der Waals surface area contributed by atoms with E-state index in [1.54, 1.807) is 27.9 Å². The summed E-state index contributed by atoms with van der Waals surface area (Å²) < 4.78 is 44.5. The molecule has 1 saturated heterocycles. The minimum absolute atomic E-state index is 0.0823. The van der Waals surface area contributed by atoms with Gasteiger partial charge in [-0.05, 0) is 36.4 Å². The highest BCUT2D eigenvalue weighted by Gasteiger charge is 2.26. The molecule has 5 rings (SSSR count). The van der Waals surface area contributed by atoms with Crippen molar-refractivity contribution in [3.05, 3.63) is 66.6 Å². The monoisotopic (exact) mass is 496 g/mol. The van der Waals surface area contributed by atoms with Crippen molar-refractivity contribution in [2.45, 2.75) is 23.8 Å². The molecule has 1 aliphatic rings. The Balaban J connectivity index is 1.29. The number of carbonyl (C=O) groups is 1. The van der Waals surface area contributed by atoms with Crippen LogP contribution >= 0.6 is 0 Å². The van der Waals surface area contributed by atoms with E-state index < -0.39 is 15.8 Å². The topological polar surface area (TPSA) is 120 Å². The number of likely N-dealkylation sites (tertiary alicyclic amines) is 1.